The summed E-state index contributed by atoms with van der Waals surface area (Å²) in [5, 5.41) is 0. The molecule has 0 radical (unpaired) electrons. The van der Waals surface area contributed by atoms with Crippen LogP contribution in [0.25, 0.3) is 0 Å². The first-order chi connectivity index (χ1) is 13.8. The van der Waals surface area contributed by atoms with Gasteiger partial charge in [0, 0.05) is 25.2 Å². The maximum Gasteiger partial charge on any atom is 0.283 e. The lowest BCUT2D eigenvalue weighted by atomic mass is 10.0. The zero-order valence-corrected chi connectivity index (χ0v) is 18.3. The first-order valence-corrected chi connectivity index (χ1v) is 11.4. The monoisotopic (exact) mass is 414 g/mol. The molecular weight excluding hydrogens is 384 g/mol. The lowest BCUT2D eigenvalue weighted by Gasteiger charge is -2.35. The van der Waals surface area contributed by atoms with Gasteiger partial charge < -0.3 is 4.74 Å². The topological polar surface area (TPSA) is 49.9 Å². The van der Waals surface area contributed by atoms with Crippen LogP contribution in [-0.2, 0) is 23.3 Å². The van der Waals surface area contributed by atoms with E-state index in [1.54, 1.807) is 15.7 Å². The van der Waals surface area contributed by atoms with E-state index < -0.39 is 10.2 Å². The fourth-order valence-corrected chi connectivity index (χ4v) is 5.61. The molecule has 2 atom stereocenters. The fourth-order valence-electron chi connectivity index (χ4n) is 3.61. The van der Waals surface area contributed by atoms with Crippen LogP contribution in [0, 0.1) is 5.92 Å². The quantitative estimate of drug-likeness (QED) is 0.665. The van der Waals surface area contributed by atoms with E-state index in [2.05, 4.69) is 13.8 Å². The summed E-state index contributed by atoms with van der Waals surface area (Å²) in [6.45, 7) is 6.72. The maximum atomic E-state index is 13.8. The Morgan fingerprint density at radius 1 is 0.897 bits per heavy atom. The molecule has 6 heteroatoms. The Hall–Kier alpha value is -2.15. The molecule has 0 unspecified atom stereocenters. The van der Waals surface area contributed by atoms with Crippen LogP contribution in [0.5, 0.6) is 5.75 Å². The minimum absolute atomic E-state index is 0.165. The van der Waals surface area contributed by atoms with E-state index in [9.17, 15) is 8.42 Å². The molecule has 0 N–H and O–H groups in total. The summed E-state index contributed by atoms with van der Waals surface area (Å²) in [7, 11) is -2.06. The first kappa shape index (κ1) is 21.6. The van der Waals surface area contributed by atoms with E-state index in [0.717, 1.165) is 16.9 Å². The summed E-state index contributed by atoms with van der Waals surface area (Å²) in [6, 6.07) is 16.9. The molecule has 0 aliphatic carbocycles. The van der Waals surface area contributed by atoms with Crippen LogP contribution in [0.3, 0.4) is 0 Å². The molecule has 156 valence electrons. The molecule has 1 aliphatic heterocycles. The van der Waals surface area contributed by atoms with Crippen LogP contribution in [0.2, 0.25) is 0 Å². The number of benzene rings is 2. The van der Waals surface area contributed by atoms with Gasteiger partial charge in [-0.2, -0.15) is 17.0 Å². The second kappa shape index (κ2) is 9.11. The van der Waals surface area contributed by atoms with Crippen LogP contribution in [0.4, 0.5) is 0 Å². The molecule has 1 aliphatic rings. The highest BCUT2D eigenvalue weighted by Gasteiger charge is 2.39. The Morgan fingerprint density at radius 2 is 1.48 bits per heavy atom. The standard InChI is InChI=1S/C23H30N2O3S/c1-18(2)23-15-10-19(3)24(16-21-11-13-22(28-4)14-12-21)29(26,27)25(23)17-20-8-6-5-7-9-20/h5-15,18-19,23H,16-17H2,1-4H3/t19-,23-/m1/s1. The third kappa shape index (κ3) is 4.89. The SMILES string of the molecule is COc1ccc(CN2[C@H](C)C=C[C@H](C(C)C)N(Cc3ccccc3)S2(=O)=O)cc1. The lowest BCUT2D eigenvalue weighted by molar-refractivity contribution is 0.266. The Kier molecular flexibility index (Phi) is 6.77. The van der Waals surface area contributed by atoms with Gasteiger partial charge in [-0.1, -0.05) is 68.5 Å². The Balaban J connectivity index is 1.96. The Bertz CT molecular complexity index is 924. The summed E-state index contributed by atoms with van der Waals surface area (Å²) in [6.07, 6.45) is 4.06. The largest absolute Gasteiger partial charge is 0.497 e. The average molecular weight is 415 g/mol. The van der Waals surface area contributed by atoms with E-state index >= 15 is 0 Å². The van der Waals surface area contributed by atoms with Crippen molar-refractivity contribution in [1.82, 2.24) is 8.61 Å². The molecule has 2 aromatic rings. The second-order valence-corrected chi connectivity index (χ2v) is 9.63. The molecule has 0 fully saturated rings. The number of methoxy groups -OCH3 is 1. The smallest absolute Gasteiger partial charge is 0.283 e. The molecule has 0 saturated carbocycles. The zero-order valence-electron chi connectivity index (χ0n) is 17.5. The average Bonchev–Trinajstić information content (AvgIpc) is 2.79. The van der Waals surface area contributed by atoms with Crippen molar-refractivity contribution >= 4 is 10.2 Å². The highest BCUT2D eigenvalue weighted by molar-refractivity contribution is 7.86. The highest BCUT2D eigenvalue weighted by atomic mass is 32.2. The van der Waals surface area contributed by atoms with Crippen molar-refractivity contribution in [1.29, 1.82) is 0 Å². The van der Waals surface area contributed by atoms with Crippen molar-refractivity contribution in [2.75, 3.05) is 7.11 Å². The normalized spacial score (nSPS) is 22.5. The predicted octanol–water partition coefficient (Wildman–Crippen LogP) is 4.23. The van der Waals surface area contributed by atoms with Crippen molar-refractivity contribution in [2.24, 2.45) is 5.92 Å². The van der Waals surface area contributed by atoms with Crippen LogP contribution in [-0.4, -0.2) is 36.2 Å². The van der Waals surface area contributed by atoms with Crippen LogP contribution < -0.4 is 4.74 Å². The minimum atomic E-state index is -3.68. The van der Waals surface area contributed by atoms with Gasteiger partial charge in [-0.25, -0.2) is 0 Å². The number of nitrogens with zero attached hydrogens (tertiary/aromatic N) is 2. The summed E-state index contributed by atoms with van der Waals surface area (Å²) >= 11 is 0. The third-order valence-electron chi connectivity index (χ3n) is 5.33. The number of hydrogen-bond acceptors (Lipinski definition) is 3. The number of hydrogen-bond donors (Lipinski definition) is 0. The minimum Gasteiger partial charge on any atom is -0.497 e. The van der Waals surface area contributed by atoms with Crippen molar-refractivity contribution in [3.05, 3.63) is 77.9 Å². The van der Waals surface area contributed by atoms with Gasteiger partial charge in [-0.15, -0.1) is 0 Å². The van der Waals surface area contributed by atoms with Crippen molar-refractivity contribution in [3.8, 4) is 5.75 Å². The molecule has 29 heavy (non-hydrogen) atoms. The summed E-state index contributed by atoms with van der Waals surface area (Å²) < 4.78 is 36.0. The van der Waals surface area contributed by atoms with Gasteiger partial charge in [-0.05, 0) is 36.1 Å². The summed E-state index contributed by atoms with van der Waals surface area (Å²) in [5.74, 6) is 0.920. The van der Waals surface area contributed by atoms with E-state index in [-0.39, 0.29) is 18.0 Å². The van der Waals surface area contributed by atoms with Crippen molar-refractivity contribution in [2.45, 2.75) is 45.9 Å². The van der Waals surface area contributed by atoms with Gasteiger partial charge in [0.05, 0.1) is 7.11 Å². The molecule has 0 amide bonds. The second-order valence-electron chi connectivity index (χ2n) is 7.79. The van der Waals surface area contributed by atoms with Crippen LogP contribution in [0.1, 0.15) is 31.9 Å². The third-order valence-corrected chi connectivity index (χ3v) is 7.35. The molecule has 0 spiro atoms. The van der Waals surface area contributed by atoms with Gasteiger partial charge in [0.2, 0.25) is 0 Å². The molecule has 0 saturated heterocycles. The maximum absolute atomic E-state index is 13.8. The summed E-state index contributed by atoms with van der Waals surface area (Å²) in [5.41, 5.74) is 1.91. The molecular formula is C23H30N2O3S. The Morgan fingerprint density at radius 3 is 2.07 bits per heavy atom. The van der Waals surface area contributed by atoms with Gasteiger partial charge >= 0.3 is 0 Å². The van der Waals surface area contributed by atoms with Gasteiger partial charge in [-0.3, -0.25) is 0 Å². The van der Waals surface area contributed by atoms with Crippen LogP contribution in [0.15, 0.2) is 66.7 Å². The number of rotatable bonds is 6. The van der Waals surface area contributed by atoms with Gasteiger partial charge in [0.1, 0.15) is 5.75 Å². The van der Waals surface area contributed by atoms with E-state index in [0.29, 0.717) is 13.1 Å². The van der Waals surface area contributed by atoms with E-state index in [1.807, 2.05) is 73.7 Å². The van der Waals surface area contributed by atoms with E-state index in [4.69, 9.17) is 4.74 Å². The zero-order chi connectivity index (χ0) is 21.0. The Labute approximate surface area is 174 Å². The predicted molar refractivity (Wildman–Crippen MR) is 117 cm³/mol. The molecule has 3 rings (SSSR count). The van der Waals surface area contributed by atoms with Crippen LogP contribution >= 0.6 is 0 Å². The molecule has 1 heterocycles. The van der Waals surface area contributed by atoms with Crippen molar-refractivity contribution in [3.63, 3.8) is 0 Å². The van der Waals surface area contributed by atoms with Crippen molar-refractivity contribution < 1.29 is 13.2 Å². The fraction of sp³-hybridized carbons (Fsp3) is 0.391. The first-order valence-electron chi connectivity index (χ1n) is 9.96. The molecule has 0 aromatic heterocycles. The molecule has 5 nitrogen and oxygen atoms in total. The summed E-state index contributed by atoms with van der Waals surface area (Å²) in [4.78, 5) is 0. The number of ether oxygens (including phenoxy) is 1. The molecule has 0 bridgehead atoms. The lowest BCUT2D eigenvalue weighted by Crippen LogP contribution is -2.49. The highest BCUT2D eigenvalue weighted by Crippen LogP contribution is 2.29. The van der Waals surface area contributed by atoms with Gasteiger partial charge in [0.15, 0.2) is 0 Å². The molecule has 2 aromatic carbocycles. The van der Waals surface area contributed by atoms with E-state index in [1.165, 1.54) is 0 Å². The van der Waals surface area contributed by atoms with Gasteiger partial charge in [0.25, 0.3) is 10.2 Å².